The number of hydrogen-bond acceptors (Lipinski definition) is 6. The lowest BCUT2D eigenvalue weighted by molar-refractivity contribution is -0.124. The summed E-state index contributed by atoms with van der Waals surface area (Å²) in [6.45, 7) is 8.01. The molecular weight excluding hydrogens is 358 g/mol. The third-order valence-electron chi connectivity index (χ3n) is 5.55. The minimum Gasteiger partial charge on any atom is -0.347 e. The highest BCUT2D eigenvalue weighted by Crippen LogP contribution is 2.32. The molecule has 2 aliphatic heterocycles. The maximum atomic E-state index is 12.9. The van der Waals surface area contributed by atoms with Crippen molar-refractivity contribution >= 4 is 17.2 Å². The third-order valence-corrected chi connectivity index (χ3v) is 6.94. The molecule has 0 radical (unpaired) electrons. The number of aryl methyl sites for hydroxylation is 2. The van der Waals surface area contributed by atoms with Gasteiger partial charge in [-0.25, -0.2) is 10.4 Å². The normalized spacial score (nSPS) is 25.8. The molecule has 4 rings (SSSR count). The second kappa shape index (κ2) is 7.67. The van der Waals surface area contributed by atoms with E-state index in [0.29, 0.717) is 6.04 Å². The van der Waals surface area contributed by atoms with E-state index in [4.69, 9.17) is 4.98 Å². The quantitative estimate of drug-likeness (QED) is 0.648. The van der Waals surface area contributed by atoms with Gasteiger partial charge in [-0.3, -0.25) is 10.2 Å². The Kier molecular flexibility index (Phi) is 5.27. The van der Waals surface area contributed by atoms with E-state index in [-0.39, 0.29) is 23.9 Å². The molecule has 1 aromatic carbocycles. The molecular formula is C20H27N5OS. The zero-order valence-electron chi connectivity index (χ0n) is 16.0. The first-order valence-electron chi connectivity index (χ1n) is 9.59. The van der Waals surface area contributed by atoms with Crippen molar-refractivity contribution in [2.45, 2.75) is 45.3 Å². The second-order valence-corrected chi connectivity index (χ2v) is 8.63. The predicted molar refractivity (Wildman–Crippen MR) is 108 cm³/mol. The summed E-state index contributed by atoms with van der Waals surface area (Å²) in [5.41, 5.74) is 9.82. The van der Waals surface area contributed by atoms with Crippen molar-refractivity contribution in [3.8, 4) is 10.6 Å². The average molecular weight is 386 g/mol. The fourth-order valence-electron chi connectivity index (χ4n) is 3.97. The van der Waals surface area contributed by atoms with Crippen molar-refractivity contribution < 1.29 is 4.79 Å². The van der Waals surface area contributed by atoms with Crippen molar-refractivity contribution in [1.29, 1.82) is 0 Å². The summed E-state index contributed by atoms with van der Waals surface area (Å²) >= 11 is 1.66. The van der Waals surface area contributed by atoms with Crippen molar-refractivity contribution in [1.82, 2.24) is 26.5 Å². The van der Waals surface area contributed by atoms with Gasteiger partial charge in [0.2, 0.25) is 5.91 Å². The van der Waals surface area contributed by atoms with E-state index in [1.807, 2.05) is 13.8 Å². The Morgan fingerprint density at radius 2 is 2.04 bits per heavy atom. The minimum absolute atomic E-state index is 0.0517. The number of thiazole rings is 1. The lowest BCUT2D eigenvalue weighted by Gasteiger charge is -2.28. The maximum Gasteiger partial charge on any atom is 0.239 e. The highest BCUT2D eigenvalue weighted by molar-refractivity contribution is 7.15. The molecule has 4 N–H and O–H groups in total. The highest BCUT2D eigenvalue weighted by atomic mass is 32.1. The summed E-state index contributed by atoms with van der Waals surface area (Å²) in [6.07, 6.45) is 1.05. The fraction of sp³-hybridized carbons (Fsp3) is 0.500. The van der Waals surface area contributed by atoms with Crippen LogP contribution in [0, 0.1) is 19.8 Å². The van der Waals surface area contributed by atoms with Crippen LogP contribution in [0.25, 0.3) is 10.6 Å². The summed E-state index contributed by atoms with van der Waals surface area (Å²) in [5, 5.41) is 7.58. The molecule has 4 unspecified atom stereocenters. The molecule has 4 atom stereocenters. The smallest absolute Gasteiger partial charge is 0.239 e. The largest absolute Gasteiger partial charge is 0.347 e. The Morgan fingerprint density at radius 3 is 2.81 bits per heavy atom. The van der Waals surface area contributed by atoms with E-state index in [0.717, 1.165) is 40.7 Å². The maximum absolute atomic E-state index is 12.9. The fourth-order valence-corrected chi connectivity index (χ4v) is 5.05. The Hall–Kier alpha value is -1.80. The Bertz CT molecular complexity index is 818. The summed E-state index contributed by atoms with van der Waals surface area (Å²) in [6, 6.07) is 8.52. The van der Waals surface area contributed by atoms with Gasteiger partial charge in [0.05, 0.1) is 16.6 Å². The standard InChI is InChI=1S/C20H27N5OS/c1-11-4-6-14(7-5-11)20-23-13(3)18(27-20)12(2)22-19(26)17-15-10-21-9-8-16(15)24-25-17/h4-7,12,15-17,21,24-25H,8-10H2,1-3H3,(H,22,26). The van der Waals surface area contributed by atoms with Crippen LogP contribution in [0.15, 0.2) is 24.3 Å². The number of benzene rings is 1. The lowest BCUT2D eigenvalue weighted by Crippen LogP contribution is -2.49. The van der Waals surface area contributed by atoms with E-state index >= 15 is 0 Å². The number of rotatable bonds is 4. The molecule has 3 heterocycles. The van der Waals surface area contributed by atoms with Gasteiger partial charge in [0.1, 0.15) is 11.0 Å². The summed E-state index contributed by atoms with van der Waals surface area (Å²) in [7, 11) is 0. The monoisotopic (exact) mass is 385 g/mol. The van der Waals surface area contributed by atoms with Gasteiger partial charge in [0.25, 0.3) is 0 Å². The number of carbonyl (C=O) groups excluding carboxylic acids is 1. The number of nitrogens with zero attached hydrogens (tertiary/aromatic N) is 1. The van der Waals surface area contributed by atoms with Crippen LogP contribution < -0.4 is 21.5 Å². The predicted octanol–water partition coefficient (Wildman–Crippen LogP) is 2.06. The van der Waals surface area contributed by atoms with Gasteiger partial charge in [-0.05, 0) is 33.7 Å². The number of piperidine rings is 1. The van der Waals surface area contributed by atoms with Gasteiger partial charge < -0.3 is 10.6 Å². The van der Waals surface area contributed by atoms with Gasteiger partial charge in [0, 0.05) is 24.1 Å². The second-order valence-electron chi connectivity index (χ2n) is 7.59. The van der Waals surface area contributed by atoms with Crippen LogP contribution in [-0.2, 0) is 4.79 Å². The topological polar surface area (TPSA) is 78.1 Å². The lowest BCUT2D eigenvalue weighted by atomic mass is 9.89. The molecule has 2 aromatic rings. The first kappa shape index (κ1) is 18.6. The van der Waals surface area contributed by atoms with E-state index in [1.165, 1.54) is 5.56 Å². The highest BCUT2D eigenvalue weighted by Gasteiger charge is 2.41. The molecule has 2 fully saturated rings. The van der Waals surface area contributed by atoms with Crippen molar-refractivity contribution in [3.05, 3.63) is 40.4 Å². The molecule has 6 nitrogen and oxygen atoms in total. The Balaban J connectivity index is 1.46. The van der Waals surface area contributed by atoms with Crippen LogP contribution in [-0.4, -0.2) is 36.1 Å². The van der Waals surface area contributed by atoms with Crippen LogP contribution in [0.1, 0.15) is 35.5 Å². The number of fused-ring (bicyclic) bond motifs is 1. The third kappa shape index (κ3) is 3.78. The number of aromatic nitrogens is 1. The average Bonchev–Trinajstić information content (AvgIpc) is 3.26. The van der Waals surface area contributed by atoms with Gasteiger partial charge in [0.15, 0.2) is 0 Å². The van der Waals surface area contributed by atoms with Gasteiger partial charge in [-0.1, -0.05) is 29.8 Å². The SMILES string of the molecule is Cc1ccc(-c2nc(C)c(C(C)NC(=O)C3NNC4CCNCC43)s2)cc1. The molecule has 2 saturated heterocycles. The summed E-state index contributed by atoms with van der Waals surface area (Å²) in [5.74, 6) is 0.340. The molecule has 1 amide bonds. The van der Waals surface area contributed by atoms with Crippen LogP contribution in [0.4, 0.5) is 0 Å². The molecule has 27 heavy (non-hydrogen) atoms. The first-order valence-corrected chi connectivity index (χ1v) is 10.4. The van der Waals surface area contributed by atoms with E-state index in [1.54, 1.807) is 11.3 Å². The number of hydrogen-bond donors (Lipinski definition) is 4. The molecule has 1 aromatic heterocycles. The zero-order valence-corrected chi connectivity index (χ0v) is 16.8. The number of hydrazine groups is 1. The summed E-state index contributed by atoms with van der Waals surface area (Å²) in [4.78, 5) is 18.7. The van der Waals surface area contributed by atoms with Crippen molar-refractivity contribution in [3.63, 3.8) is 0 Å². The van der Waals surface area contributed by atoms with Crippen molar-refractivity contribution in [2.75, 3.05) is 13.1 Å². The van der Waals surface area contributed by atoms with E-state index in [9.17, 15) is 4.79 Å². The minimum atomic E-state index is -0.199. The molecule has 2 aliphatic rings. The van der Waals surface area contributed by atoms with Crippen LogP contribution >= 0.6 is 11.3 Å². The zero-order chi connectivity index (χ0) is 19.0. The van der Waals surface area contributed by atoms with Gasteiger partial charge in [-0.2, -0.15) is 0 Å². The number of carbonyl (C=O) groups is 1. The van der Waals surface area contributed by atoms with Crippen LogP contribution in [0.5, 0.6) is 0 Å². The van der Waals surface area contributed by atoms with E-state index in [2.05, 4.69) is 52.7 Å². The number of amides is 1. The molecule has 0 bridgehead atoms. The summed E-state index contributed by atoms with van der Waals surface area (Å²) < 4.78 is 0. The molecule has 0 spiro atoms. The van der Waals surface area contributed by atoms with Crippen LogP contribution in [0.2, 0.25) is 0 Å². The molecule has 7 heteroatoms. The first-order chi connectivity index (χ1) is 13.0. The Morgan fingerprint density at radius 1 is 1.26 bits per heavy atom. The molecule has 144 valence electrons. The van der Waals surface area contributed by atoms with E-state index < -0.39 is 0 Å². The van der Waals surface area contributed by atoms with Crippen LogP contribution in [0.3, 0.4) is 0 Å². The molecule has 0 saturated carbocycles. The van der Waals surface area contributed by atoms with Crippen molar-refractivity contribution in [2.24, 2.45) is 5.92 Å². The van der Waals surface area contributed by atoms with Gasteiger partial charge >= 0.3 is 0 Å². The number of nitrogens with one attached hydrogen (secondary N) is 4. The Labute approximate surface area is 164 Å². The van der Waals surface area contributed by atoms with Gasteiger partial charge in [-0.15, -0.1) is 11.3 Å². The molecule has 0 aliphatic carbocycles.